The third kappa shape index (κ3) is 27.7. The third-order valence-electron chi connectivity index (χ3n) is 3.00. The maximum atomic E-state index is 10.5. The summed E-state index contributed by atoms with van der Waals surface area (Å²) in [5.41, 5.74) is 1.33. The van der Waals surface area contributed by atoms with Crippen LogP contribution in [-0.2, 0) is 9.59 Å². The van der Waals surface area contributed by atoms with Crippen LogP contribution >= 0.6 is 12.6 Å². The Labute approximate surface area is 144 Å². The fraction of sp³-hybridized carbons (Fsp3) is 0.789. The van der Waals surface area contributed by atoms with E-state index in [0.717, 1.165) is 0 Å². The molecule has 0 aromatic heterocycles. The van der Waals surface area contributed by atoms with E-state index in [1.165, 1.54) is 37.7 Å². The second-order valence-corrected chi connectivity index (χ2v) is 6.68. The Balaban J connectivity index is -0.000000257. The highest BCUT2D eigenvalue weighted by atomic mass is 32.1. The van der Waals surface area contributed by atoms with E-state index in [0.29, 0.717) is 12.3 Å². The Morgan fingerprint density at radius 3 is 1.64 bits per heavy atom. The summed E-state index contributed by atoms with van der Waals surface area (Å²) in [5, 5.41) is -0.0741. The molecular weight excluding hydrogens is 292 g/mol. The molecule has 0 fully saturated rings. The second-order valence-electron chi connectivity index (χ2n) is 6.12. The minimum atomic E-state index is -0.0741. The highest BCUT2D eigenvalue weighted by molar-refractivity contribution is 7.81. The summed E-state index contributed by atoms with van der Waals surface area (Å²) in [6.07, 6.45) is 7.32. The van der Waals surface area contributed by atoms with Crippen molar-refractivity contribution in [2.45, 2.75) is 92.2 Å². The number of thiol groups is 1. The van der Waals surface area contributed by atoms with Crippen LogP contribution < -0.4 is 0 Å². The van der Waals surface area contributed by atoms with Gasteiger partial charge in [-0.3, -0.25) is 4.79 Å². The van der Waals surface area contributed by atoms with Crippen LogP contribution in [0.5, 0.6) is 0 Å². The van der Waals surface area contributed by atoms with Crippen LogP contribution in [0, 0.1) is 5.92 Å². The predicted octanol–water partition coefficient (Wildman–Crippen LogP) is 6.05. The van der Waals surface area contributed by atoms with Crippen LogP contribution in [0.25, 0.3) is 0 Å². The first-order valence-electron chi connectivity index (χ1n) is 8.42. The SMILES string of the molecule is C=C(C)CCCCCC.CC(=O)[C@@H](S)C(C)C.CCC(C)=O. The van der Waals surface area contributed by atoms with Crippen LogP contribution in [0.3, 0.4) is 0 Å². The van der Waals surface area contributed by atoms with Crippen LogP contribution in [0.4, 0.5) is 0 Å². The van der Waals surface area contributed by atoms with Crippen molar-refractivity contribution in [2.24, 2.45) is 5.92 Å². The molecule has 1 atom stereocenters. The van der Waals surface area contributed by atoms with Crippen molar-refractivity contribution < 1.29 is 9.59 Å². The van der Waals surface area contributed by atoms with Crippen molar-refractivity contribution in [3.05, 3.63) is 12.2 Å². The van der Waals surface area contributed by atoms with Crippen molar-refractivity contribution in [1.82, 2.24) is 0 Å². The van der Waals surface area contributed by atoms with Crippen molar-refractivity contribution in [1.29, 1.82) is 0 Å². The highest BCUT2D eigenvalue weighted by Crippen LogP contribution is 2.08. The van der Waals surface area contributed by atoms with Gasteiger partial charge in [-0.25, -0.2) is 0 Å². The average Bonchev–Trinajstić information content (AvgIpc) is 2.43. The molecule has 2 nitrogen and oxygen atoms in total. The zero-order chi connectivity index (χ0) is 18.1. The van der Waals surface area contributed by atoms with Gasteiger partial charge in [0.2, 0.25) is 0 Å². The lowest BCUT2D eigenvalue weighted by Gasteiger charge is -2.08. The number of hydrogen-bond donors (Lipinski definition) is 1. The maximum Gasteiger partial charge on any atom is 0.142 e. The minimum Gasteiger partial charge on any atom is -0.300 e. The molecule has 0 aliphatic rings. The molecule has 132 valence electrons. The lowest BCUT2D eigenvalue weighted by atomic mass is 10.1. The van der Waals surface area contributed by atoms with Gasteiger partial charge < -0.3 is 4.79 Å². The zero-order valence-corrected chi connectivity index (χ0v) is 16.8. The zero-order valence-electron chi connectivity index (χ0n) is 15.9. The van der Waals surface area contributed by atoms with E-state index in [2.05, 4.69) is 33.1 Å². The summed E-state index contributed by atoms with van der Waals surface area (Å²) in [6, 6.07) is 0. The molecule has 0 aromatic rings. The van der Waals surface area contributed by atoms with Crippen molar-refractivity contribution in [2.75, 3.05) is 0 Å². The van der Waals surface area contributed by atoms with E-state index in [4.69, 9.17) is 0 Å². The Morgan fingerprint density at radius 1 is 1.00 bits per heavy atom. The molecule has 22 heavy (non-hydrogen) atoms. The summed E-state index contributed by atoms with van der Waals surface area (Å²) < 4.78 is 0. The largest absolute Gasteiger partial charge is 0.300 e. The number of Topliss-reactive ketones (excluding diaryl/α,β-unsaturated/α-hetero) is 2. The van der Waals surface area contributed by atoms with E-state index in [9.17, 15) is 9.59 Å². The van der Waals surface area contributed by atoms with Gasteiger partial charge in [-0.15, -0.1) is 6.58 Å². The Morgan fingerprint density at radius 2 is 1.45 bits per heavy atom. The fourth-order valence-corrected chi connectivity index (χ4v) is 1.32. The van der Waals surface area contributed by atoms with Crippen molar-refractivity contribution in [3.63, 3.8) is 0 Å². The Bertz CT molecular complexity index is 296. The molecule has 0 bridgehead atoms. The molecule has 0 radical (unpaired) electrons. The lowest BCUT2D eigenvalue weighted by molar-refractivity contribution is -0.117. The number of unbranched alkanes of at least 4 members (excludes halogenated alkanes) is 3. The van der Waals surface area contributed by atoms with Gasteiger partial charge in [0.15, 0.2) is 0 Å². The first kappa shape index (κ1) is 26.3. The molecule has 0 unspecified atom stereocenters. The topological polar surface area (TPSA) is 34.1 Å². The quantitative estimate of drug-likeness (QED) is 0.334. The Hall–Kier alpha value is -0.570. The maximum absolute atomic E-state index is 10.5. The number of rotatable bonds is 8. The highest BCUT2D eigenvalue weighted by Gasteiger charge is 2.11. The van der Waals surface area contributed by atoms with Gasteiger partial charge in [0, 0.05) is 6.42 Å². The summed E-state index contributed by atoms with van der Waals surface area (Å²) in [4.78, 5) is 20.3. The number of carbonyl (C=O) groups excluding carboxylic acids is 2. The van der Waals surface area contributed by atoms with Gasteiger partial charge in [0.25, 0.3) is 0 Å². The van der Waals surface area contributed by atoms with Gasteiger partial charge in [0.05, 0.1) is 5.25 Å². The lowest BCUT2D eigenvalue weighted by Crippen LogP contribution is -2.16. The van der Waals surface area contributed by atoms with Gasteiger partial charge >= 0.3 is 0 Å². The molecule has 0 aliphatic heterocycles. The van der Waals surface area contributed by atoms with Crippen LogP contribution in [0.15, 0.2) is 12.2 Å². The van der Waals surface area contributed by atoms with Gasteiger partial charge in [-0.2, -0.15) is 12.6 Å². The summed E-state index contributed by atoms with van der Waals surface area (Å²) in [5.74, 6) is 0.768. The molecule has 3 heteroatoms. The van der Waals surface area contributed by atoms with E-state index < -0.39 is 0 Å². The van der Waals surface area contributed by atoms with Gasteiger partial charge in [-0.1, -0.05) is 52.5 Å². The summed E-state index contributed by atoms with van der Waals surface area (Å²) >= 11 is 4.07. The van der Waals surface area contributed by atoms with E-state index in [1.54, 1.807) is 13.8 Å². The number of allylic oxidation sites excluding steroid dienone is 1. The van der Waals surface area contributed by atoms with E-state index in [1.807, 2.05) is 20.8 Å². The van der Waals surface area contributed by atoms with E-state index >= 15 is 0 Å². The smallest absolute Gasteiger partial charge is 0.142 e. The molecule has 0 saturated heterocycles. The standard InChI is InChI=1S/C9H18.C6H12OS.C4H8O/c1-4-5-6-7-8-9(2)3;1-4(2)6(8)5(3)7;1-3-4(2)5/h2,4-8H2,1,3H3;4,6,8H,1-3H3;3H2,1-2H3/t;6-;/m.0./s1. The monoisotopic (exact) mass is 330 g/mol. The molecule has 0 heterocycles. The van der Waals surface area contributed by atoms with Gasteiger partial charge in [-0.05, 0) is 39.5 Å². The van der Waals surface area contributed by atoms with Crippen molar-refractivity contribution >= 4 is 24.2 Å². The van der Waals surface area contributed by atoms with Crippen molar-refractivity contribution in [3.8, 4) is 0 Å². The molecule has 0 N–H and O–H groups in total. The number of carbonyl (C=O) groups is 2. The average molecular weight is 331 g/mol. The number of hydrogen-bond acceptors (Lipinski definition) is 3. The summed E-state index contributed by atoms with van der Waals surface area (Å²) in [7, 11) is 0. The number of ketones is 2. The molecule has 0 amide bonds. The first-order valence-corrected chi connectivity index (χ1v) is 8.93. The second kappa shape index (κ2) is 18.5. The van der Waals surface area contributed by atoms with Crippen LogP contribution in [0.2, 0.25) is 0 Å². The van der Waals surface area contributed by atoms with Crippen LogP contribution in [-0.4, -0.2) is 16.8 Å². The Kier molecular flexibility index (Phi) is 22.1. The molecular formula is C19H38O2S. The third-order valence-corrected chi connectivity index (χ3v) is 3.96. The normalized spacial score (nSPS) is 10.8. The minimum absolute atomic E-state index is 0.0741. The summed E-state index contributed by atoms with van der Waals surface area (Å²) in [6.45, 7) is 17.2. The molecule has 0 aromatic carbocycles. The molecule has 0 aliphatic carbocycles. The van der Waals surface area contributed by atoms with Crippen LogP contribution in [0.1, 0.15) is 87.0 Å². The predicted molar refractivity (Wildman–Crippen MR) is 103 cm³/mol. The molecule has 0 rings (SSSR count). The molecule has 0 saturated carbocycles. The molecule has 0 spiro atoms. The first-order chi connectivity index (χ1) is 10.1. The fourth-order valence-electron chi connectivity index (χ4n) is 1.32. The van der Waals surface area contributed by atoms with Gasteiger partial charge in [0.1, 0.15) is 11.6 Å². The van der Waals surface area contributed by atoms with E-state index in [-0.39, 0.29) is 16.8 Å².